The third kappa shape index (κ3) is 3.30. The summed E-state index contributed by atoms with van der Waals surface area (Å²) in [5.74, 6) is -0.481. The zero-order valence-electron chi connectivity index (χ0n) is 11.0. The molecule has 1 rings (SSSR count). The summed E-state index contributed by atoms with van der Waals surface area (Å²) in [6.45, 7) is 6.55. The predicted octanol–water partition coefficient (Wildman–Crippen LogP) is 1.90. The summed E-state index contributed by atoms with van der Waals surface area (Å²) in [7, 11) is 1.40. The fourth-order valence-electron chi connectivity index (χ4n) is 1.94. The lowest BCUT2D eigenvalue weighted by Crippen LogP contribution is -2.27. The highest BCUT2D eigenvalue weighted by Gasteiger charge is 2.18. The number of rotatable bonds is 4. The van der Waals surface area contributed by atoms with Crippen molar-refractivity contribution in [2.45, 2.75) is 27.2 Å². The number of benzene rings is 1. The Kier molecular flexibility index (Phi) is 4.70. The fourth-order valence-corrected chi connectivity index (χ4v) is 1.94. The molecule has 0 aliphatic rings. The quantitative estimate of drug-likeness (QED) is 0.811. The summed E-state index contributed by atoms with van der Waals surface area (Å²) in [6.07, 6.45) is 0.649. The normalized spacial score (nSPS) is 12.3. The van der Waals surface area contributed by atoms with Crippen molar-refractivity contribution in [3.63, 3.8) is 0 Å². The van der Waals surface area contributed by atoms with Crippen molar-refractivity contribution in [3.8, 4) is 0 Å². The van der Waals surface area contributed by atoms with E-state index in [1.807, 2.05) is 0 Å². The van der Waals surface area contributed by atoms with Gasteiger partial charge < -0.3 is 10.5 Å². The number of methoxy groups -OCH3 is 1. The lowest BCUT2D eigenvalue weighted by molar-refractivity contribution is -0.145. The number of aryl methyl sites for hydroxylation is 3. The topological polar surface area (TPSA) is 52.3 Å². The summed E-state index contributed by atoms with van der Waals surface area (Å²) in [5, 5.41) is 0. The maximum atomic E-state index is 11.5. The van der Waals surface area contributed by atoms with E-state index in [4.69, 9.17) is 10.5 Å². The second kappa shape index (κ2) is 5.82. The first-order valence-corrected chi connectivity index (χ1v) is 5.84. The molecule has 1 aromatic carbocycles. The minimum atomic E-state index is -0.249. The second-order valence-corrected chi connectivity index (χ2v) is 4.52. The molecule has 0 heterocycles. The van der Waals surface area contributed by atoms with E-state index >= 15 is 0 Å². The number of esters is 1. The molecule has 2 N–H and O–H groups in total. The molecule has 0 fully saturated rings. The van der Waals surface area contributed by atoms with Crippen molar-refractivity contribution in [3.05, 3.63) is 34.4 Å². The van der Waals surface area contributed by atoms with Crippen molar-refractivity contribution in [2.75, 3.05) is 13.7 Å². The zero-order chi connectivity index (χ0) is 13.0. The predicted molar refractivity (Wildman–Crippen MR) is 68.9 cm³/mol. The molecule has 0 aliphatic heterocycles. The average Bonchev–Trinajstić information content (AvgIpc) is 2.31. The lowest BCUT2D eigenvalue weighted by Gasteiger charge is -2.15. The summed E-state index contributed by atoms with van der Waals surface area (Å²) < 4.78 is 4.75. The smallest absolute Gasteiger partial charge is 0.310 e. The van der Waals surface area contributed by atoms with E-state index in [-0.39, 0.29) is 11.9 Å². The Bertz CT molecular complexity index is 413. The molecule has 0 spiro atoms. The molecule has 0 saturated heterocycles. The first-order valence-electron chi connectivity index (χ1n) is 5.84. The fraction of sp³-hybridized carbons (Fsp3) is 0.500. The van der Waals surface area contributed by atoms with Crippen molar-refractivity contribution < 1.29 is 9.53 Å². The van der Waals surface area contributed by atoms with Crippen LogP contribution in [0.5, 0.6) is 0 Å². The molecule has 1 atom stereocenters. The molecule has 0 saturated carbocycles. The Hall–Kier alpha value is -1.35. The van der Waals surface area contributed by atoms with Crippen LogP contribution in [0.25, 0.3) is 0 Å². The number of carbonyl (C=O) groups is 1. The van der Waals surface area contributed by atoms with E-state index in [1.54, 1.807) is 0 Å². The van der Waals surface area contributed by atoms with E-state index in [0.717, 1.165) is 0 Å². The average molecular weight is 235 g/mol. The number of hydrogen-bond donors (Lipinski definition) is 1. The van der Waals surface area contributed by atoms with Crippen LogP contribution in [0.15, 0.2) is 12.1 Å². The van der Waals surface area contributed by atoms with Crippen LogP contribution in [0.2, 0.25) is 0 Å². The van der Waals surface area contributed by atoms with Crippen LogP contribution in [-0.2, 0) is 16.0 Å². The van der Waals surface area contributed by atoms with Crippen LogP contribution in [0.1, 0.15) is 22.3 Å². The maximum Gasteiger partial charge on any atom is 0.310 e. The molecule has 3 nitrogen and oxygen atoms in total. The number of nitrogens with two attached hydrogens (primary N) is 1. The van der Waals surface area contributed by atoms with Crippen LogP contribution in [0, 0.1) is 26.7 Å². The van der Waals surface area contributed by atoms with Gasteiger partial charge in [0, 0.05) is 6.54 Å². The Morgan fingerprint density at radius 2 is 1.82 bits per heavy atom. The standard InChI is InChI=1S/C14H21NO2/c1-9-5-11(3)12(6-10(9)2)7-13(8-15)14(16)17-4/h5-6,13H,7-8,15H2,1-4H3. The highest BCUT2D eigenvalue weighted by molar-refractivity contribution is 5.73. The van der Waals surface area contributed by atoms with Gasteiger partial charge in [-0.2, -0.15) is 0 Å². The minimum absolute atomic E-state index is 0.231. The van der Waals surface area contributed by atoms with Gasteiger partial charge in [-0.25, -0.2) is 0 Å². The van der Waals surface area contributed by atoms with Crippen LogP contribution >= 0.6 is 0 Å². The summed E-state index contributed by atoms with van der Waals surface area (Å²) in [6, 6.07) is 4.28. The highest BCUT2D eigenvalue weighted by atomic mass is 16.5. The van der Waals surface area contributed by atoms with Crippen molar-refractivity contribution in [1.82, 2.24) is 0 Å². The SMILES string of the molecule is COC(=O)C(CN)Cc1cc(C)c(C)cc1C. The van der Waals surface area contributed by atoms with E-state index in [0.29, 0.717) is 13.0 Å². The third-order valence-corrected chi connectivity index (χ3v) is 3.24. The van der Waals surface area contributed by atoms with Gasteiger partial charge in [0.25, 0.3) is 0 Å². The van der Waals surface area contributed by atoms with E-state index in [2.05, 4.69) is 32.9 Å². The minimum Gasteiger partial charge on any atom is -0.469 e. The first-order chi connectivity index (χ1) is 7.99. The van der Waals surface area contributed by atoms with Crippen molar-refractivity contribution in [1.29, 1.82) is 0 Å². The number of hydrogen-bond acceptors (Lipinski definition) is 3. The Balaban J connectivity index is 2.94. The van der Waals surface area contributed by atoms with Crippen LogP contribution in [0.3, 0.4) is 0 Å². The second-order valence-electron chi connectivity index (χ2n) is 4.52. The molecule has 17 heavy (non-hydrogen) atoms. The lowest BCUT2D eigenvalue weighted by atomic mass is 9.93. The molecular weight excluding hydrogens is 214 g/mol. The van der Waals surface area contributed by atoms with Gasteiger partial charge in [0.1, 0.15) is 0 Å². The number of ether oxygens (including phenoxy) is 1. The maximum absolute atomic E-state index is 11.5. The molecule has 94 valence electrons. The molecule has 0 aliphatic carbocycles. The van der Waals surface area contributed by atoms with Gasteiger partial charge in [-0.05, 0) is 49.4 Å². The molecular formula is C14H21NO2. The van der Waals surface area contributed by atoms with E-state index in [1.165, 1.54) is 29.4 Å². The Labute approximate surface area is 103 Å². The van der Waals surface area contributed by atoms with Gasteiger partial charge in [-0.1, -0.05) is 12.1 Å². The first kappa shape index (κ1) is 13.7. The largest absolute Gasteiger partial charge is 0.469 e. The molecule has 1 aromatic rings. The van der Waals surface area contributed by atoms with Crippen LogP contribution < -0.4 is 5.73 Å². The van der Waals surface area contributed by atoms with Crippen LogP contribution in [0.4, 0.5) is 0 Å². The van der Waals surface area contributed by atoms with Gasteiger partial charge in [0.05, 0.1) is 13.0 Å². The Morgan fingerprint density at radius 3 is 2.35 bits per heavy atom. The summed E-state index contributed by atoms with van der Waals surface area (Å²) in [5.41, 5.74) is 10.5. The molecule has 0 aromatic heterocycles. The number of carbonyl (C=O) groups excluding carboxylic acids is 1. The van der Waals surface area contributed by atoms with Crippen LogP contribution in [-0.4, -0.2) is 19.6 Å². The van der Waals surface area contributed by atoms with Gasteiger partial charge in [0.15, 0.2) is 0 Å². The summed E-state index contributed by atoms with van der Waals surface area (Å²) >= 11 is 0. The van der Waals surface area contributed by atoms with E-state index < -0.39 is 0 Å². The summed E-state index contributed by atoms with van der Waals surface area (Å²) in [4.78, 5) is 11.5. The third-order valence-electron chi connectivity index (χ3n) is 3.24. The zero-order valence-corrected chi connectivity index (χ0v) is 11.0. The molecule has 0 radical (unpaired) electrons. The van der Waals surface area contributed by atoms with Gasteiger partial charge in [-0.3, -0.25) is 4.79 Å². The Morgan fingerprint density at radius 1 is 1.24 bits per heavy atom. The van der Waals surface area contributed by atoms with Gasteiger partial charge in [0.2, 0.25) is 0 Å². The highest BCUT2D eigenvalue weighted by Crippen LogP contribution is 2.19. The monoisotopic (exact) mass is 235 g/mol. The van der Waals surface area contributed by atoms with Crippen molar-refractivity contribution >= 4 is 5.97 Å². The van der Waals surface area contributed by atoms with Gasteiger partial charge in [-0.15, -0.1) is 0 Å². The van der Waals surface area contributed by atoms with Crippen molar-refractivity contribution in [2.24, 2.45) is 11.7 Å². The molecule has 0 bridgehead atoms. The van der Waals surface area contributed by atoms with E-state index in [9.17, 15) is 4.79 Å². The van der Waals surface area contributed by atoms with Gasteiger partial charge >= 0.3 is 5.97 Å². The molecule has 3 heteroatoms. The molecule has 1 unspecified atom stereocenters. The molecule has 0 amide bonds.